The number of hydrogen-bond acceptors (Lipinski definition) is 4. The van der Waals surface area contributed by atoms with Crippen LogP contribution in [0.1, 0.15) is 0 Å². The van der Waals surface area contributed by atoms with Crippen LogP contribution in [0, 0.1) is 0 Å². The van der Waals surface area contributed by atoms with Crippen molar-refractivity contribution in [3.8, 4) is 0 Å². The van der Waals surface area contributed by atoms with Crippen molar-refractivity contribution < 1.29 is 28.4 Å². The lowest BCUT2D eigenvalue weighted by molar-refractivity contribution is 0.0875. The van der Waals surface area contributed by atoms with Gasteiger partial charge < -0.3 is 19.3 Å². The maximum atomic E-state index is 10.6. The highest BCUT2D eigenvalue weighted by molar-refractivity contribution is 7.46. The molecule has 0 spiro atoms. The normalized spacial score (nSPS) is 23.4. The molecule has 0 aromatic heterocycles. The van der Waals surface area contributed by atoms with E-state index in [1.54, 1.807) is 0 Å². The maximum absolute atomic E-state index is 10.6. The van der Waals surface area contributed by atoms with Crippen molar-refractivity contribution in [1.29, 1.82) is 0 Å². The Morgan fingerprint density at radius 2 is 2.38 bits per heavy atom. The molecule has 2 radical (unpaired) electrons. The molecule has 1 atom stereocenters. The van der Waals surface area contributed by atoms with Crippen molar-refractivity contribution in [2.45, 2.75) is 6.10 Å². The molecule has 1 fully saturated rings. The minimum Gasteiger partial charge on any atom is -0.443 e. The van der Waals surface area contributed by atoms with E-state index >= 15 is 0 Å². The Kier molecular flexibility index (Phi) is 2.97. The second-order valence-corrected chi connectivity index (χ2v) is 3.68. The fourth-order valence-corrected chi connectivity index (χ4v) is 1.17. The molecule has 1 heterocycles. The van der Waals surface area contributed by atoms with E-state index in [1.807, 2.05) is 0 Å². The number of phosphoric acid groups is 1. The van der Waals surface area contributed by atoms with Gasteiger partial charge in [0.25, 0.3) is 0 Å². The summed E-state index contributed by atoms with van der Waals surface area (Å²) in [5, 5.41) is 0. The summed E-state index contributed by atoms with van der Waals surface area (Å²) >= 11 is 0. The first-order chi connectivity index (χ1) is 5.88. The summed E-state index contributed by atoms with van der Waals surface area (Å²) in [6.45, 7) is -0.317. The van der Waals surface area contributed by atoms with Crippen molar-refractivity contribution in [2.24, 2.45) is 0 Å². The highest BCUT2D eigenvalue weighted by Gasteiger charge is 2.29. The van der Waals surface area contributed by atoms with Gasteiger partial charge in [-0.05, 0) is 0 Å². The topological polar surface area (TPSA) is 96.3 Å². The molecule has 0 aromatic carbocycles. The van der Waals surface area contributed by atoms with Crippen LogP contribution in [0.5, 0.6) is 0 Å². The maximum Gasteiger partial charge on any atom is 0.469 e. The molecule has 0 saturated carbocycles. The highest BCUT2D eigenvalue weighted by Crippen LogP contribution is 2.36. The third-order valence-electron chi connectivity index (χ3n) is 1.33. The van der Waals surface area contributed by atoms with Crippen LogP contribution < -0.4 is 0 Å². The third kappa shape index (κ3) is 3.35. The summed E-state index contributed by atoms with van der Waals surface area (Å²) in [4.78, 5) is 28.1. The number of cyclic esters (lactones) is 1. The number of nitrogens with zero attached hydrogens (tertiary/aromatic N) is 1. The van der Waals surface area contributed by atoms with Crippen LogP contribution >= 0.6 is 7.82 Å². The molecule has 72 valence electrons. The van der Waals surface area contributed by atoms with Crippen LogP contribution in [0.4, 0.5) is 4.79 Å². The zero-order valence-electron chi connectivity index (χ0n) is 6.49. The number of rotatable bonds is 3. The van der Waals surface area contributed by atoms with Crippen LogP contribution in [0.2, 0.25) is 0 Å². The van der Waals surface area contributed by atoms with Gasteiger partial charge in [0.15, 0.2) is 0 Å². The summed E-state index contributed by atoms with van der Waals surface area (Å²) in [7, 11) is 0.609. The number of carbonyl (C=O) groups is 1. The van der Waals surface area contributed by atoms with Gasteiger partial charge in [-0.1, -0.05) is 0 Å². The third-order valence-corrected chi connectivity index (χ3v) is 1.82. The van der Waals surface area contributed by atoms with Crippen LogP contribution in [0.3, 0.4) is 0 Å². The average molecular weight is 207 g/mol. The van der Waals surface area contributed by atoms with Gasteiger partial charge >= 0.3 is 13.9 Å². The van der Waals surface area contributed by atoms with E-state index in [2.05, 4.69) is 9.26 Å². The Balaban J connectivity index is 2.33. The predicted molar refractivity (Wildman–Crippen MR) is 40.7 cm³/mol. The monoisotopic (exact) mass is 207 g/mol. The van der Waals surface area contributed by atoms with Crippen molar-refractivity contribution in [3.63, 3.8) is 0 Å². The molecule has 2 N–H and O–H groups in total. The summed E-state index contributed by atoms with van der Waals surface area (Å²) < 4.78 is 18.9. The van der Waals surface area contributed by atoms with Gasteiger partial charge in [0.2, 0.25) is 7.98 Å². The molecule has 13 heavy (non-hydrogen) atoms. The molecular weight excluding hydrogens is 200 g/mol. The zero-order chi connectivity index (χ0) is 10.1. The molecule has 7 nitrogen and oxygen atoms in total. The Labute approximate surface area is 75.3 Å². The lowest BCUT2D eigenvalue weighted by atomic mass is 10.3. The van der Waals surface area contributed by atoms with E-state index in [9.17, 15) is 9.36 Å². The Morgan fingerprint density at radius 1 is 1.77 bits per heavy atom. The minimum atomic E-state index is -4.51. The molecule has 1 aliphatic heterocycles. The molecule has 1 saturated heterocycles. The van der Waals surface area contributed by atoms with E-state index in [0.29, 0.717) is 0 Å². The SMILES string of the molecule is [B]N1CC(COP(=O)(O)O)OC1=O. The first-order valence-corrected chi connectivity index (χ1v) is 4.84. The molecule has 0 aromatic rings. The number of ether oxygens (including phenoxy) is 1. The first-order valence-electron chi connectivity index (χ1n) is 3.31. The zero-order valence-corrected chi connectivity index (χ0v) is 7.39. The van der Waals surface area contributed by atoms with Gasteiger partial charge in [-0.3, -0.25) is 4.52 Å². The first kappa shape index (κ1) is 10.5. The molecule has 0 bridgehead atoms. The Bertz CT molecular complexity index is 253. The van der Waals surface area contributed by atoms with E-state index in [0.717, 1.165) is 4.81 Å². The quantitative estimate of drug-likeness (QED) is 0.455. The van der Waals surface area contributed by atoms with Gasteiger partial charge in [-0.15, -0.1) is 0 Å². The van der Waals surface area contributed by atoms with Gasteiger partial charge in [0.1, 0.15) is 6.10 Å². The molecule has 1 unspecified atom stereocenters. The van der Waals surface area contributed by atoms with Crippen LogP contribution in [0.25, 0.3) is 0 Å². The lowest BCUT2D eigenvalue weighted by Gasteiger charge is -2.09. The number of hydrogen-bond donors (Lipinski definition) is 2. The fraction of sp³-hybridized carbons (Fsp3) is 0.750. The van der Waals surface area contributed by atoms with Crippen molar-refractivity contribution in [1.82, 2.24) is 4.81 Å². The lowest BCUT2D eigenvalue weighted by Crippen LogP contribution is -2.23. The highest BCUT2D eigenvalue weighted by atomic mass is 31.2. The Hall–Kier alpha value is -0.555. The van der Waals surface area contributed by atoms with E-state index < -0.39 is 20.0 Å². The molecule has 1 rings (SSSR count). The molecule has 1 amide bonds. The summed E-state index contributed by atoms with van der Waals surface area (Å²) in [6, 6.07) is 0. The van der Waals surface area contributed by atoms with Gasteiger partial charge in [0, 0.05) is 6.54 Å². The molecule has 1 aliphatic rings. The van der Waals surface area contributed by atoms with Gasteiger partial charge in [-0.2, -0.15) is 0 Å². The van der Waals surface area contributed by atoms with Crippen LogP contribution in [0.15, 0.2) is 0 Å². The molecule has 0 aliphatic carbocycles. The van der Waals surface area contributed by atoms with Crippen molar-refractivity contribution in [3.05, 3.63) is 0 Å². The molecule has 9 heteroatoms. The van der Waals surface area contributed by atoms with E-state index in [1.165, 1.54) is 0 Å². The number of phosphoric ester groups is 1. The summed E-state index contributed by atoms with van der Waals surface area (Å²) in [5.41, 5.74) is 0. The number of amides is 1. The fourth-order valence-electron chi connectivity index (χ4n) is 0.808. The summed E-state index contributed by atoms with van der Waals surface area (Å²) in [6.07, 6.45) is -1.47. The van der Waals surface area contributed by atoms with Gasteiger partial charge in [0.05, 0.1) is 6.61 Å². The smallest absolute Gasteiger partial charge is 0.443 e. The van der Waals surface area contributed by atoms with Gasteiger partial charge in [-0.25, -0.2) is 9.36 Å². The van der Waals surface area contributed by atoms with Crippen LogP contribution in [-0.2, 0) is 13.8 Å². The molecular formula is C4H7BNO6P. The van der Waals surface area contributed by atoms with Crippen molar-refractivity contribution >= 4 is 21.9 Å². The second-order valence-electron chi connectivity index (χ2n) is 2.44. The van der Waals surface area contributed by atoms with E-state index in [-0.39, 0.29) is 13.2 Å². The average Bonchev–Trinajstić information content (AvgIpc) is 2.27. The standard InChI is InChI=1S/C4H7BNO6P/c5-6-1-3(12-4(6)7)2-11-13(8,9)10/h3H,1-2H2,(H2,8,9,10). The summed E-state index contributed by atoms with van der Waals surface area (Å²) in [5.74, 6) is 0. The minimum absolute atomic E-state index is 0.0544. The largest absolute Gasteiger partial charge is 0.469 e. The van der Waals surface area contributed by atoms with E-state index in [4.69, 9.17) is 17.8 Å². The van der Waals surface area contributed by atoms with Crippen molar-refractivity contribution in [2.75, 3.05) is 13.2 Å². The number of carbonyl (C=O) groups excluding carboxylic acids is 1. The van der Waals surface area contributed by atoms with Crippen LogP contribution in [-0.4, -0.2) is 47.9 Å². The Morgan fingerprint density at radius 3 is 2.77 bits per heavy atom. The predicted octanol–water partition coefficient (Wildman–Crippen LogP) is -1.00. The second kappa shape index (κ2) is 3.67.